The molecule has 0 spiro atoms. The lowest BCUT2D eigenvalue weighted by atomic mass is 10.3. The van der Waals surface area contributed by atoms with Crippen LogP contribution in [0.15, 0.2) is 37.5 Å². The summed E-state index contributed by atoms with van der Waals surface area (Å²) in [6.45, 7) is 8.32. The molecule has 0 fully saturated rings. The van der Waals surface area contributed by atoms with Crippen LogP contribution in [-0.2, 0) is 9.47 Å². The number of hydrogen-bond donors (Lipinski definition) is 0. The Labute approximate surface area is 66.8 Å². The molecule has 11 heavy (non-hydrogen) atoms. The molecule has 1 rings (SSSR count). The Morgan fingerprint density at radius 3 is 1.91 bits per heavy atom. The van der Waals surface area contributed by atoms with E-state index in [4.69, 9.17) is 9.47 Å². The average Bonchev–Trinajstić information content (AvgIpc) is 2.30. The number of hydrogen-bond acceptors (Lipinski definition) is 2. The molecular formula is C9H12O2. The highest BCUT2D eigenvalue weighted by Crippen LogP contribution is 2.17. The summed E-state index contributed by atoms with van der Waals surface area (Å²) in [5.41, 5.74) is 0. The van der Waals surface area contributed by atoms with E-state index in [0.29, 0.717) is 13.2 Å². The van der Waals surface area contributed by atoms with Gasteiger partial charge in [0.2, 0.25) is 5.79 Å². The second-order valence-electron chi connectivity index (χ2n) is 2.22. The molecule has 0 aromatic rings. The van der Waals surface area contributed by atoms with Crippen LogP contribution in [-0.4, -0.2) is 19.0 Å². The van der Waals surface area contributed by atoms with E-state index in [-0.39, 0.29) is 0 Å². The highest BCUT2D eigenvalue weighted by Gasteiger charge is 2.24. The minimum Gasteiger partial charge on any atom is -0.339 e. The summed E-state index contributed by atoms with van der Waals surface area (Å²) >= 11 is 0. The van der Waals surface area contributed by atoms with Crippen molar-refractivity contribution in [1.82, 2.24) is 0 Å². The van der Waals surface area contributed by atoms with Crippen molar-refractivity contribution in [2.45, 2.75) is 5.79 Å². The van der Waals surface area contributed by atoms with Crippen LogP contribution in [0.5, 0.6) is 0 Å². The summed E-state index contributed by atoms with van der Waals surface area (Å²) < 4.78 is 10.7. The van der Waals surface area contributed by atoms with Crippen molar-refractivity contribution in [3.05, 3.63) is 37.5 Å². The van der Waals surface area contributed by atoms with Gasteiger partial charge in [-0.1, -0.05) is 25.3 Å². The minimum atomic E-state index is -0.788. The standard InChI is InChI=1S/C9H12O2/c1-3-9(4-2)10-7-5-6-8-11-9/h3-6H,1-2,7-8H2. The number of ether oxygens (including phenoxy) is 2. The van der Waals surface area contributed by atoms with Crippen molar-refractivity contribution in [1.29, 1.82) is 0 Å². The summed E-state index contributed by atoms with van der Waals surface area (Å²) in [6, 6.07) is 0. The monoisotopic (exact) mass is 152 g/mol. The van der Waals surface area contributed by atoms with Gasteiger partial charge in [0.05, 0.1) is 13.2 Å². The topological polar surface area (TPSA) is 18.5 Å². The molecule has 1 aliphatic rings. The van der Waals surface area contributed by atoms with E-state index in [1.807, 2.05) is 12.2 Å². The fourth-order valence-electron chi connectivity index (χ4n) is 0.854. The first-order chi connectivity index (χ1) is 5.33. The van der Waals surface area contributed by atoms with Gasteiger partial charge in [-0.3, -0.25) is 0 Å². The molecule has 0 aromatic heterocycles. The van der Waals surface area contributed by atoms with Gasteiger partial charge >= 0.3 is 0 Å². The zero-order valence-electron chi connectivity index (χ0n) is 6.45. The maximum absolute atomic E-state index is 5.34. The molecule has 0 saturated carbocycles. The third-order valence-corrected chi connectivity index (χ3v) is 1.55. The molecule has 2 nitrogen and oxygen atoms in total. The van der Waals surface area contributed by atoms with Crippen molar-refractivity contribution < 1.29 is 9.47 Å². The maximum atomic E-state index is 5.34. The molecule has 0 unspecified atom stereocenters. The minimum absolute atomic E-state index is 0.540. The Balaban J connectivity index is 2.68. The van der Waals surface area contributed by atoms with Gasteiger partial charge < -0.3 is 9.47 Å². The molecule has 60 valence electrons. The first kappa shape index (κ1) is 8.24. The predicted molar refractivity (Wildman–Crippen MR) is 44.2 cm³/mol. The van der Waals surface area contributed by atoms with Gasteiger partial charge in [-0.15, -0.1) is 0 Å². The Hall–Kier alpha value is -0.860. The molecule has 0 radical (unpaired) electrons. The largest absolute Gasteiger partial charge is 0.339 e. The molecule has 1 heterocycles. The summed E-state index contributed by atoms with van der Waals surface area (Å²) in [4.78, 5) is 0. The van der Waals surface area contributed by atoms with Crippen LogP contribution in [0.3, 0.4) is 0 Å². The second kappa shape index (κ2) is 3.51. The summed E-state index contributed by atoms with van der Waals surface area (Å²) in [5.74, 6) is -0.788. The predicted octanol–water partition coefficient (Wildman–Crippen LogP) is 1.66. The smallest absolute Gasteiger partial charge is 0.207 e. The van der Waals surface area contributed by atoms with Crippen LogP contribution >= 0.6 is 0 Å². The van der Waals surface area contributed by atoms with Crippen LogP contribution in [0, 0.1) is 0 Å². The van der Waals surface area contributed by atoms with Crippen LogP contribution in [0.4, 0.5) is 0 Å². The van der Waals surface area contributed by atoms with Crippen molar-refractivity contribution in [3.8, 4) is 0 Å². The third-order valence-electron chi connectivity index (χ3n) is 1.55. The Morgan fingerprint density at radius 1 is 1.09 bits per heavy atom. The molecule has 0 amide bonds. The summed E-state index contributed by atoms with van der Waals surface area (Å²) in [7, 11) is 0. The van der Waals surface area contributed by atoms with E-state index in [1.165, 1.54) is 0 Å². The lowest BCUT2D eigenvalue weighted by Crippen LogP contribution is -2.30. The van der Waals surface area contributed by atoms with Gasteiger partial charge in [0.25, 0.3) is 0 Å². The average molecular weight is 152 g/mol. The molecule has 2 heteroatoms. The molecule has 0 N–H and O–H groups in total. The van der Waals surface area contributed by atoms with Crippen molar-refractivity contribution in [2.24, 2.45) is 0 Å². The fraction of sp³-hybridized carbons (Fsp3) is 0.333. The molecule has 0 aromatic carbocycles. The Morgan fingerprint density at radius 2 is 1.55 bits per heavy atom. The van der Waals surface area contributed by atoms with E-state index in [2.05, 4.69) is 13.2 Å². The zero-order valence-corrected chi connectivity index (χ0v) is 6.45. The van der Waals surface area contributed by atoms with Crippen LogP contribution in [0.25, 0.3) is 0 Å². The number of rotatable bonds is 2. The maximum Gasteiger partial charge on any atom is 0.207 e. The third kappa shape index (κ3) is 1.79. The van der Waals surface area contributed by atoms with Gasteiger partial charge in [0.15, 0.2) is 0 Å². The first-order valence-electron chi connectivity index (χ1n) is 3.53. The van der Waals surface area contributed by atoms with Crippen molar-refractivity contribution in [2.75, 3.05) is 13.2 Å². The molecular weight excluding hydrogens is 140 g/mol. The molecule has 0 bridgehead atoms. The van der Waals surface area contributed by atoms with Crippen LogP contribution in [0.2, 0.25) is 0 Å². The summed E-state index contributed by atoms with van der Waals surface area (Å²) in [6.07, 6.45) is 7.03. The lowest BCUT2D eigenvalue weighted by Gasteiger charge is -2.24. The van der Waals surface area contributed by atoms with E-state index in [9.17, 15) is 0 Å². The molecule has 0 saturated heterocycles. The second-order valence-corrected chi connectivity index (χ2v) is 2.22. The Bertz CT molecular complexity index is 162. The van der Waals surface area contributed by atoms with Crippen LogP contribution in [0.1, 0.15) is 0 Å². The highest BCUT2D eigenvalue weighted by molar-refractivity contribution is 5.05. The van der Waals surface area contributed by atoms with Gasteiger partial charge in [0.1, 0.15) is 0 Å². The SMILES string of the molecule is C=CC1(C=C)OCC=CCO1. The molecule has 1 aliphatic heterocycles. The van der Waals surface area contributed by atoms with Crippen molar-refractivity contribution >= 4 is 0 Å². The van der Waals surface area contributed by atoms with E-state index < -0.39 is 5.79 Å². The van der Waals surface area contributed by atoms with Gasteiger partial charge in [0, 0.05) is 0 Å². The first-order valence-corrected chi connectivity index (χ1v) is 3.53. The zero-order chi connectivity index (χ0) is 8.16. The molecule has 0 aliphatic carbocycles. The normalized spacial score (nSPS) is 22.2. The van der Waals surface area contributed by atoms with Gasteiger partial charge in [-0.05, 0) is 12.2 Å². The fourth-order valence-corrected chi connectivity index (χ4v) is 0.854. The highest BCUT2D eigenvalue weighted by atomic mass is 16.7. The van der Waals surface area contributed by atoms with E-state index >= 15 is 0 Å². The van der Waals surface area contributed by atoms with E-state index in [0.717, 1.165) is 0 Å². The Kier molecular flexibility index (Phi) is 2.63. The molecule has 0 atom stereocenters. The van der Waals surface area contributed by atoms with Gasteiger partial charge in [-0.25, -0.2) is 0 Å². The van der Waals surface area contributed by atoms with Crippen LogP contribution < -0.4 is 0 Å². The van der Waals surface area contributed by atoms with Gasteiger partial charge in [-0.2, -0.15) is 0 Å². The lowest BCUT2D eigenvalue weighted by molar-refractivity contribution is -0.151. The van der Waals surface area contributed by atoms with Crippen molar-refractivity contribution in [3.63, 3.8) is 0 Å². The van der Waals surface area contributed by atoms with E-state index in [1.54, 1.807) is 12.2 Å². The summed E-state index contributed by atoms with van der Waals surface area (Å²) in [5, 5.41) is 0. The quantitative estimate of drug-likeness (QED) is 0.560.